The van der Waals surface area contributed by atoms with Crippen LogP contribution in [-0.4, -0.2) is 48.3 Å². The molecule has 7 heteroatoms. The molecule has 2 aromatic rings. The van der Waals surface area contributed by atoms with E-state index in [9.17, 15) is 13.2 Å². The van der Waals surface area contributed by atoms with Crippen molar-refractivity contribution < 1.29 is 13.2 Å². The second kappa shape index (κ2) is 8.08. The molecule has 0 saturated carbocycles. The molecule has 0 radical (unpaired) electrons. The number of sulfone groups is 1. The Kier molecular flexibility index (Phi) is 5.79. The number of hydrogen-bond acceptors (Lipinski definition) is 5. The standard InChI is InChI=1S/C20H25N3O3S/c1-3-15-7-5-6-8-18(15)22-19-10-9-16(13-21-19)20(24)23(4-2)17-11-12-27(25,26)14-17/h5-10,13,17H,3-4,11-12,14H2,1-2H3,(H,21,22). The number of aryl methyl sites for hydroxylation is 1. The third-order valence-electron chi connectivity index (χ3n) is 4.92. The van der Waals surface area contributed by atoms with Gasteiger partial charge in [0.2, 0.25) is 0 Å². The van der Waals surface area contributed by atoms with E-state index in [0.717, 1.165) is 12.1 Å². The van der Waals surface area contributed by atoms with E-state index in [1.807, 2.05) is 25.1 Å². The lowest BCUT2D eigenvalue weighted by atomic mass is 10.1. The van der Waals surface area contributed by atoms with Gasteiger partial charge in [-0.25, -0.2) is 13.4 Å². The first-order valence-electron chi connectivity index (χ1n) is 9.26. The molecular weight excluding hydrogens is 362 g/mol. The molecule has 144 valence electrons. The van der Waals surface area contributed by atoms with Crippen LogP contribution in [0.25, 0.3) is 0 Å². The number of nitrogens with zero attached hydrogens (tertiary/aromatic N) is 2. The number of amides is 1. The van der Waals surface area contributed by atoms with Gasteiger partial charge in [0.25, 0.3) is 5.91 Å². The van der Waals surface area contributed by atoms with E-state index in [0.29, 0.717) is 24.3 Å². The zero-order chi connectivity index (χ0) is 19.4. The number of pyridine rings is 1. The minimum Gasteiger partial charge on any atom is -0.340 e. The summed E-state index contributed by atoms with van der Waals surface area (Å²) >= 11 is 0. The maximum Gasteiger partial charge on any atom is 0.255 e. The second-order valence-electron chi connectivity index (χ2n) is 6.72. The van der Waals surface area contributed by atoms with Crippen molar-refractivity contribution in [2.24, 2.45) is 0 Å². The Morgan fingerprint density at radius 3 is 2.59 bits per heavy atom. The van der Waals surface area contributed by atoms with Crippen molar-refractivity contribution >= 4 is 27.2 Å². The number of anilines is 2. The van der Waals surface area contributed by atoms with Crippen LogP contribution in [0.5, 0.6) is 0 Å². The highest BCUT2D eigenvalue weighted by Crippen LogP contribution is 2.22. The molecule has 1 aliphatic heterocycles. The van der Waals surface area contributed by atoms with Gasteiger partial charge in [0.05, 0.1) is 17.1 Å². The number of para-hydroxylation sites is 1. The fraction of sp³-hybridized carbons (Fsp3) is 0.400. The van der Waals surface area contributed by atoms with Gasteiger partial charge in [-0.1, -0.05) is 25.1 Å². The first-order chi connectivity index (χ1) is 12.9. The van der Waals surface area contributed by atoms with E-state index in [4.69, 9.17) is 0 Å². The lowest BCUT2D eigenvalue weighted by molar-refractivity contribution is 0.0708. The zero-order valence-corrected chi connectivity index (χ0v) is 16.5. The average molecular weight is 388 g/mol. The fourth-order valence-electron chi connectivity index (χ4n) is 3.44. The molecule has 1 fully saturated rings. The summed E-state index contributed by atoms with van der Waals surface area (Å²) in [6, 6.07) is 11.3. The molecule has 2 heterocycles. The molecule has 6 nitrogen and oxygen atoms in total. The van der Waals surface area contributed by atoms with Crippen LogP contribution in [0.1, 0.15) is 36.2 Å². The molecule has 0 bridgehead atoms. The van der Waals surface area contributed by atoms with Gasteiger partial charge in [-0.05, 0) is 43.5 Å². The summed E-state index contributed by atoms with van der Waals surface area (Å²) in [4.78, 5) is 18.8. The van der Waals surface area contributed by atoms with E-state index in [2.05, 4.69) is 23.3 Å². The second-order valence-corrected chi connectivity index (χ2v) is 8.94. The van der Waals surface area contributed by atoms with Crippen molar-refractivity contribution in [1.29, 1.82) is 0 Å². The van der Waals surface area contributed by atoms with Gasteiger partial charge in [0, 0.05) is 24.5 Å². The van der Waals surface area contributed by atoms with Crippen LogP contribution in [0.15, 0.2) is 42.6 Å². The highest BCUT2D eigenvalue weighted by molar-refractivity contribution is 7.91. The van der Waals surface area contributed by atoms with Crippen LogP contribution in [0.4, 0.5) is 11.5 Å². The lowest BCUT2D eigenvalue weighted by Gasteiger charge is -2.26. The van der Waals surface area contributed by atoms with Crippen LogP contribution >= 0.6 is 0 Å². The van der Waals surface area contributed by atoms with Gasteiger partial charge in [-0.15, -0.1) is 0 Å². The van der Waals surface area contributed by atoms with Crippen molar-refractivity contribution in [1.82, 2.24) is 9.88 Å². The average Bonchev–Trinajstić information content (AvgIpc) is 3.03. The smallest absolute Gasteiger partial charge is 0.255 e. The number of nitrogens with one attached hydrogen (secondary N) is 1. The van der Waals surface area contributed by atoms with Gasteiger partial charge < -0.3 is 10.2 Å². The molecule has 3 rings (SSSR count). The third-order valence-corrected chi connectivity index (χ3v) is 6.67. The van der Waals surface area contributed by atoms with Gasteiger partial charge in [0.15, 0.2) is 9.84 Å². The molecule has 1 aromatic heterocycles. The summed E-state index contributed by atoms with van der Waals surface area (Å²) in [5.41, 5.74) is 2.66. The van der Waals surface area contributed by atoms with E-state index >= 15 is 0 Å². The van der Waals surface area contributed by atoms with Crippen molar-refractivity contribution in [3.05, 3.63) is 53.7 Å². The number of aromatic nitrogens is 1. The van der Waals surface area contributed by atoms with Gasteiger partial charge in [-0.3, -0.25) is 4.79 Å². The normalized spacial score (nSPS) is 18.2. The van der Waals surface area contributed by atoms with E-state index < -0.39 is 9.84 Å². The van der Waals surface area contributed by atoms with Crippen molar-refractivity contribution in [3.8, 4) is 0 Å². The monoisotopic (exact) mass is 387 g/mol. The summed E-state index contributed by atoms with van der Waals surface area (Å²) < 4.78 is 23.5. The molecule has 1 atom stereocenters. The summed E-state index contributed by atoms with van der Waals surface area (Å²) in [7, 11) is -3.03. The third kappa shape index (κ3) is 4.47. The topological polar surface area (TPSA) is 79.4 Å². The number of carbonyl (C=O) groups is 1. The molecule has 1 amide bonds. The molecular formula is C20H25N3O3S. The van der Waals surface area contributed by atoms with Crippen LogP contribution < -0.4 is 5.32 Å². The minimum atomic E-state index is -3.03. The molecule has 1 unspecified atom stereocenters. The molecule has 1 saturated heterocycles. The fourth-order valence-corrected chi connectivity index (χ4v) is 5.17. The molecule has 1 N–H and O–H groups in total. The van der Waals surface area contributed by atoms with E-state index in [1.165, 1.54) is 5.56 Å². The van der Waals surface area contributed by atoms with Crippen LogP contribution in [0.2, 0.25) is 0 Å². The first-order valence-corrected chi connectivity index (χ1v) is 11.1. The Bertz CT molecular complexity index is 910. The zero-order valence-electron chi connectivity index (χ0n) is 15.7. The Balaban J connectivity index is 1.73. The highest BCUT2D eigenvalue weighted by Gasteiger charge is 2.34. The largest absolute Gasteiger partial charge is 0.340 e. The lowest BCUT2D eigenvalue weighted by Crippen LogP contribution is -2.41. The SMILES string of the molecule is CCc1ccccc1Nc1ccc(C(=O)N(CC)C2CCS(=O)(=O)C2)cn1. The first kappa shape index (κ1) is 19.4. The number of rotatable bonds is 6. The number of carbonyl (C=O) groups excluding carboxylic acids is 1. The van der Waals surface area contributed by atoms with Gasteiger partial charge in [0.1, 0.15) is 5.82 Å². The Labute approximate surface area is 160 Å². The van der Waals surface area contributed by atoms with Crippen LogP contribution in [0, 0.1) is 0 Å². The summed E-state index contributed by atoms with van der Waals surface area (Å²) in [5.74, 6) is 0.693. The van der Waals surface area contributed by atoms with E-state index in [-0.39, 0.29) is 23.5 Å². The van der Waals surface area contributed by atoms with Crippen LogP contribution in [0.3, 0.4) is 0 Å². The predicted molar refractivity (Wildman–Crippen MR) is 107 cm³/mol. The molecule has 0 aliphatic carbocycles. The maximum absolute atomic E-state index is 12.8. The summed E-state index contributed by atoms with van der Waals surface area (Å²) in [5, 5.41) is 3.28. The molecule has 1 aromatic carbocycles. The predicted octanol–water partition coefficient (Wildman–Crippen LogP) is 3.04. The number of benzene rings is 1. The van der Waals surface area contributed by atoms with Gasteiger partial charge >= 0.3 is 0 Å². The van der Waals surface area contributed by atoms with E-state index in [1.54, 1.807) is 23.2 Å². The summed E-state index contributed by atoms with van der Waals surface area (Å²) in [6.07, 6.45) is 2.96. The minimum absolute atomic E-state index is 0.0491. The Morgan fingerprint density at radius 2 is 2.00 bits per heavy atom. The van der Waals surface area contributed by atoms with Crippen molar-refractivity contribution in [3.63, 3.8) is 0 Å². The van der Waals surface area contributed by atoms with Crippen LogP contribution in [-0.2, 0) is 16.3 Å². The Morgan fingerprint density at radius 1 is 1.22 bits per heavy atom. The van der Waals surface area contributed by atoms with Crippen molar-refractivity contribution in [2.75, 3.05) is 23.4 Å². The highest BCUT2D eigenvalue weighted by atomic mass is 32.2. The number of hydrogen-bond donors (Lipinski definition) is 1. The molecule has 1 aliphatic rings. The Hall–Kier alpha value is -2.41. The quantitative estimate of drug-likeness (QED) is 0.824. The maximum atomic E-state index is 12.8. The van der Waals surface area contributed by atoms with Gasteiger partial charge in [-0.2, -0.15) is 0 Å². The van der Waals surface area contributed by atoms with Crippen molar-refractivity contribution in [2.45, 2.75) is 32.7 Å². The summed E-state index contributed by atoms with van der Waals surface area (Å²) in [6.45, 7) is 4.44. The molecule has 0 spiro atoms. The molecule has 27 heavy (non-hydrogen) atoms.